The Kier molecular flexibility index (Phi) is 7.31. The number of rotatable bonds is 4. The van der Waals surface area contributed by atoms with Crippen LogP contribution in [-0.4, -0.2) is 29.9 Å². The molecule has 0 spiro atoms. The second-order valence-electron chi connectivity index (χ2n) is 9.69. The van der Waals surface area contributed by atoms with Crippen LogP contribution in [0.4, 0.5) is 37.7 Å². The highest BCUT2D eigenvalue weighted by Gasteiger charge is 2.54. The minimum atomic E-state index is -5.04. The van der Waals surface area contributed by atoms with E-state index in [0.717, 1.165) is 22.6 Å². The van der Waals surface area contributed by atoms with Crippen LogP contribution in [0.1, 0.15) is 41.5 Å². The Hall–Kier alpha value is -2.69. The molecule has 0 radical (unpaired) electrons. The number of anilines is 2. The molecule has 0 aliphatic carbocycles. The Bertz CT molecular complexity index is 1150. The molecular weight excluding hydrogens is 518 g/mol. The predicted octanol–water partition coefficient (Wildman–Crippen LogP) is 6.85. The zero-order valence-corrected chi connectivity index (χ0v) is 21.0. The maximum absolute atomic E-state index is 13.8. The van der Waals surface area contributed by atoms with Gasteiger partial charge in [-0.25, -0.2) is 0 Å². The van der Waals surface area contributed by atoms with E-state index >= 15 is 0 Å². The first-order valence-corrected chi connectivity index (χ1v) is 12.9. The SMILES string of the molecule is Cc1cccc(C)c1N1CC(C(=O)Nc2cc(C(F)(F)F)cc(C(F)(F)F)c2)(C2CCSCC2)CC1=O. The van der Waals surface area contributed by atoms with Gasteiger partial charge in [-0.15, -0.1) is 0 Å². The fourth-order valence-corrected chi connectivity index (χ4v) is 6.48. The molecule has 2 aliphatic heterocycles. The quantitative estimate of drug-likeness (QED) is 0.429. The minimum absolute atomic E-state index is 0.00375. The number of alkyl halides is 6. The van der Waals surface area contributed by atoms with Gasteiger partial charge in [0.2, 0.25) is 11.8 Å². The normalized spacial score (nSPS) is 21.4. The highest BCUT2D eigenvalue weighted by molar-refractivity contribution is 7.99. The number of thioether (sulfide) groups is 1. The van der Waals surface area contributed by atoms with Gasteiger partial charge in [0.05, 0.1) is 16.5 Å². The second kappa shape index (κ2) is 9.89. The maximum atomic E-state index is 13.8. The number of benzene rings is 2. The van der Waals surface area contributed by atoms with Crippen molar-refractivity contribution in [2.24, 2.45) is 11.3 Å². The zero-order chi connectivity index (χ0) is 27.2. The summed E-state index contributed by atoms with van der Waals surface area (Å²) in [5, 5.41) is 2.34. The van der Waals surface area contributed by atoms with Gasteiger partial charge in [-0.3, -0.25) is 9.59 Å². The number of hydrogen-bond acceptors (Lipinski definition) is 3. The van der Waals surface area contributed by atoms with E-state index in [9.17, 15) is 35.9 Å². The van der Waals surface area contributed by atoms with Crippen LogP contribution in [0, 0.1) is 25.2 Å². The fraction of sp³-hybridized carbons (Fsp3) is 0.462. The lowest BCUT2D eigenvalue weighted by molar-refractivity contribution is -0.143. The monoisotopic (exact) mass is 544 g/mol. The lowest BCUT2D eigenvalue weighted by Crippen LogP contribution is -2.46. The Labute approximate surface area is 214 Å². The van der Waals surface area contributed by atoms with Crippen molar-refractivity contribution in [1.82, 2.24) is 0 Å². The van der Waals surface area contributed by atoms with E-state index in [0.29, 0.717) is 30.7 Å². The molecule has 4 rings (SSSR count). The van der Waals surface area contributed by atoms with Crippen molar-refractivity contribution in [3.63, 3.8) is 0 Å². The highest BCUT2D eigenvalue weighted by Crippen LogP contribution is 2.48. The molecule has 200 valence electrons. The van der Waals surface area contributed by atoms with Crippen LogP contribution in [0.5, 0.6) is 0 Å². The fourth-order valence-electron chi connectivity index (χ4n) is 5.37. The second-order valence-corrected chi connectivity index (χ2v) is 10.9. The molecule has 2 aromatic rings. The molecule has 0 bridgehead atoms. The Morgan fingerprint density at radius 3 is 2.03 bits per heavy atom. The Balaban J connectivity index is 1.74. The van der Waals surface area contributed by atoms with E-state index in [4.69, 9.17) is 0 Å². The predicted molar refractivity (Wildman–Crippen MR) is 130 cm³/mol. The summed E-state index contributed by atoms with van der Waals surface area (Å²) in [6.07, 6.45) is -9.03. The number of nitrogens with one attached hydrogen (secondary N) is 1. The Morgan fingerprint density at radius 2 is 1.51 bits per heavy atom. The van der Waals surface area contributed by atoms with Crippen LogP contribution in [-0.2, 0) is 21.9 Å². The number of halogens is 6. The van der Waals surface area contributed by atoms with Crippen molar-refractivity contribution in [2.45, 2.75) is 45.5 Å². The largest absolute Gasteiger partial charge is 0.416 e. The molecule has 1 unspecified atom stereocenters. The van der Waals surface area contributed by atoms with Crippen molar-refractivity contribution in [3.05, 3.63) is 58.7 Å². The number of hydrogen-bond donors (Lipinski definition) is 1. The molecule has 1 N–H and O–H groups in total. The van der Waals surface area contributed by atoms with Gasteiger partial charge in [0, 0.05) is 24.3 Å². The lowest BCUT2D eigenvalue weighted by Gasteiger charge is -2.38. The molecule has 1 atom stereocenters. The van der Waals surface area contributed by atoms with Crippen molar-refractivity contribution in [1.29, 1.82) is 0 Å². The summed E-state index contributed by atoms with van der Waals surface area (Å²) in [6.45, 7) is 3.69. The van der Waals surface area contributed by atoms with Crippen molar-refractivity contribution in [3.8, 4) is 0 Å². The number of carbonyl (C=O) groups excluding carboxylic acids is 2. The molecule has 2 aliphatic rings. The molecule has 2 saturated heterocycles. The van der Waals surface area contributed by atoms with Crippen molar-refractivity contribution >= 4 is 35.0 Å². The molecular formula is C26H26F6N2O2S. The number of amides is 2. The molecule has 2 aromatic carbocycles. The van der Waals surface area contributed by atoms with Gasteiger partial charge in [0.15, 0.2) is 0 Å². The first-order valence-electron chi connectivity index (χ1n) is 11.8. The molecule has 4 nitrogen and oxygen atoms in total. The van der Waals surface area contributed by atoms with Gasteiger partial charge in [0.25, 0.3) is 0 Å². The first kappa shape index (κ1) is 27.3. The minimum Gasteiger partial charge on any atom is -0.326 e. The van der Waals surface area contributed by atoms with Gasteiger partial charge >= 0.3 is 12.4 Å². The van der Waals surface area contributed by atoms with Crippen LogP contribution in [0.3, 0.4) is 0 Å². The summed E-state index contributed by atoms with van der Waals surface area (Å²) in [4.78, 5) is 28.6. The Morgan fingerprint density at radius 1 is 0.973 bits per heavy atom. The average molecular weight is 545 g/mol. The molecule has 0 saturated carbocycles. The average Bonchev–Trinajstić information content (AvgIpc) is 3.16. The maximum Gasteiger partial charge on any atom is 0.416 e. The molecule has 0 aromatic heterocycles. The summed E-state index contributed by atoms with van der Waals surface area (Å²) in [7, 11) is 0. The van der Waals surface area contributed by atoms with Gasteiger partial charge in [-0.2, -0.15) is 38.1 Å². The summed E-state index contributed by atoms with van der Waals surface area (Å²) >= 11 is 1.70. The number of para-hydroxylation sites is 1. The molecule has 37 heavy (non-hydrogen) atoms. The zero-order valence-electron chi connectivity index (χ0n) is 20.2. The standard InChI is InChI=1S/C26H26F6N2O2S/c1-15-4-3-5-16(2)22(15)34-14-24(13-21(34)35,17-6-8-37-9-7-17)23(36)33-20-11-18(25(27,28)29)10-19(12-20)26(30,31)32/h3-5,10-12,17H,6-9,13-14H2,1-2H3,(H,33,36). The first-order chi connectivity index (χ1) is 17.2. The summed E-state index contributed by atoms with van der Waals surface area (Å²) in [5.74, 6) is 0.211. The number of nitrogens with zero attached hydrogens (tertiary/aromatic N) is 1. The van der Waals surface area contributed by atoms with Gasteiger partial charge in [-0.05, 0) is 73.4 Å². The van der Waals surface area contributed by atoms with Gasteiger partial charge in [0.1, 0.15) is 0 Å². The van der Waals surface area contributed by atoms with Crippen LogP contribution in [0.15, 0.2) is 36.4 Å². The number of aryl methyl sites for hydroxylation is 2. The topological polar surface area (TPSA) is 49.4 Å². The van der Waals surface area contributed by atoms with E-state index < -0.39 is 40.5 Å². The number of carbonyl (C=O) groups is 2. The third kappa shape index (κ3) is 5.46. The molecule has 2 fully saturated rings. The summed E-state index contributed by atoms with van der Waals surface area (Å²) in [5.41, 5.74) is -2.59. The molecule has 11 heteroatoms. The van der Waals surface area contributed by atoms with E-state index in [1.807, 2.05) is 32.0 Å². The van der Waals surface area contributed by atoms with Crippen molar-refractivity contribution in [2.75, 3.05) is 28.3 Å². The van der Waals surface area contributed by atoms with E-state index in [1.165, 1.54) is 0 Å². The third-order valence-corrected chi connectivity index (χ3v) is 8.27. The van der Waals surface area contributed by atoms with Gasteiger partial charge in [-0.1, -0.05) is 18.2 Å². The molecule has 2 heterocycles. The summed E-state index contributed by atoms with van der Waals surface area (Å²) in [6, 6.07) is 6.54. The van der Waals surface area contributed by atoms with Crippen LogP contribution < -0.4 is 10.2 Å². The van der Waals surface area contributed by atoms with Crippen LogP contribution >= 0.6 is 11.8 Å². The van der Waals surface area contributed by atoms with Crippen LogP contribution in [0.25, 0.3) is 0 Å². The third-order valence-electron chi connectivity index (χ3n) is 7.22. The van der Waals surface area contributed by atoms with Gasteiger partial charge < -0.3 is 10.2 Å². The lowest BCUT2D eigenvalue weighted by atomic mass is 9.70. The van der Waals surface area contributed by atoms with E-state index in [2.05, 4.69) is 5.32 Å². The van der Waals surface area contributed by atoms with E-state index in [-0.39, 0.29) is 30.9 Å². The molecule has 2 amide bonds. The van der Waals surface area contributed by atoms with Crippen molar-refractivity contribution < 1.29 is 35.9 Å². The summed E-state index contributed by atoms with van der Waals surface area (Å²) < 4.78 is 80.2. The highest BCUT2D eigenvalue weighted by atomic mass is 32.2. The van der Waals surface area contributed by atoms with Crippen LogP contribution in [0.2, 0.25) is 0 Å². The van der Waals surface area contributed by atoms with E-state index in [1.54, 1.807) is 16.7 Å². The smallest absolute Gasteiger partial charge is 0.326 e.